The Morgan fingerprint density at radius 1 is 1.40 bits per heavy atom. The van der Waals surface area contributed by atoms with E-state index in [0.29, 0.717) is 6.42 Å². The summed E-state index contributed by atoms with van der Waals surface area (Å²) in [5.41, 5.74) is 1.04. The maximum absolute atomic E-state index is 11.5. The molecule has 1 aromatic heterocycles. The van der Waals surface area contributed by atoms with E-state index in [0.717, 1.165) is 37.2 Å². The molecule has 80 valence electrons. The summed E-state index contributed by atoms with van der Waals surface area (Å²) in [6.07, 6.45) is 6.94. The Kier molecular flexibility index (Phi) is 2.94. The van der Waals surface area contributed by atoms with E-state index in [1.165, 1.54) is 0 Å². The Morgan fingerprint density at radius 2 is 2.20 bits per heavy atom. The highest BCUT2D eigenvalue weighted by atomic mass is 16.1. The predicted molar refractivity (Wildman–Crippen MR) is 57.1 cm³/mol. The third-order valence-electron chi connectivity index (χ3n) is 2.66. The standard InChI is InChI=1S/C11H15N3O/c1-2-14-11(12-8-13-14)9-5-3-4-6-10(15)7-9/h7-8H,2-6H2,1H3. The first-order valence-electron chi connectivity index (χ1n) is 5.43. The van der Waals surface area contributed by atoms with Crippen LogP contribution in [0.1, 0.15) is 38.4 Å². The van der Waals surface area contributed by atoms with E-state index in [2.05, 4.69) is 10.1 Å². The minimum atomic E-state index is 0.216. The molecule has 0 unspecified atom stereocenters. The molecule has 0 aliphatic heterocycles. The highest BCUT2D eigenvalue weighted by molar-refractivity contribution is 5.96. The quantitative estimate of drug-likeness (QED) is 0.740. The van der Waals surface area contributed by atoms with Gasteiger partial charge in [0, 0.05) is 18.5 Å². The van der Waals surface area contributed by atoms with Crippen molar-refractivity contribution in [1.29, 1.82) is 0 Å². The topological polar surface area (TPSA) is 47.8 Å². The molecule has 0 spiro atoms. The van der Waals surface area contributed by atoms with Gasteiger partial charge < -0.3 is 0 Å². The molecule has 1 aliphatic rings. The van der Waals surface area contributed by atoms with Crippen LogP contribution in [-0.4, -0.2) is 20.5 Å². The van der Waals surface area contributed by atoms with Gasteiger partial charge in [0.1, 0.15) is 6.33 Å². The lowest BCUT2D eigenvalue weighted by Gasteiger charge is -2.05. The van der Waals surface area contributed by atoms with Crippen molar-refractivity contribution in [2.24, 2.45) is 0 Å². The molecule has 0 bridgehead atoms. The van der Waals surface area contributed by atoms with Crippen LogP contribution in [0, 0.1) is 0 Å². The first kappa shape index (κ1) is 10.1. The number of aryl methyl sites for hydroxylation is 1. The van der Waals surface area contributed by atoms with Gasteiger partial charge >= 0.3 is 0 Å². The van der Waals surface area contributed by atoms with E-state index >= 15 is 0 Å². The molecule has 0 aromatic carbocycles. The summed E-state index contributed by atoms with van der Waals surface area (Å²) in [5, 5.41) is 4.12. The normalized spacial score (nSPS) is 17.4. The molecule has 0 radical (unpaired) electrons. The Labute approximate surface area is 89.0 Å². The highest BCUT2D eigenvalue weighted by Crippen LogP contribution is 2.22. The number of carbonyl (C=O) groups excluding carboxylic acids is 1. The highest BCUT2D eigenvalue weighted by Gasteiger charge is 2.14. The fourth-order valence-corrected chi connectivity index (χ4v) is 1.87. The molecule has 0 amide bonds. The molecule has 0 saturated heterocycles. The average molecular weight is 205 g/mol. The summed E-state index contributed by atoms with van der Waals surface area (Å²) in [6.45, 7) is 2.82. The number of rotatable bonds is 2. The second-order valence-electron chi connectivity index (χ2n) is 3.74. The number of aromatic nitrogens is 3. The maximum Gasteiger partial charge on any atom is 0.156 e. The first-order chi connectivity index (χ1) is 7.31. The van der Waals surface area contributed by atoms with Crippen LogP contribution >= 0.6 is 0 Å². The van der Waals surface area contributed by atoms with E-state index < -0.39 is 0 Å². The summed E-state index contributed by atoms with van der Waals surface area (Å²) in [6, 6.07) is 0. The van der Waals surface area contributed by atoms with Crippen LogP contribution < -0.4 is 0 Å². The van der Waals surface area contributed by atoms with Crippen LogP contribution in [0.3, 0.4) is 0 Å². The lowest BCUT2D eigenvalue weighted by molar-refractivity contribution is -0.114. The monoisotopic (exact) mass is 205 g/mol. The molecule has 0 N–H and O–H groups in total. The molecular formula is C11H15N3O. The first-order valence-corrected chi connectivity index (χ1v) is 5.43. The molecule has 4 heteroatoms. The summed E-state index contributed by atoms with van der Waals surface area (Å²) < 4.78 is 1.84. The summed E-state index contributed by atoms with van der Waals surface area (Å²) in [5.74, 6) is 1.07. The largest absolute Gasteiger partial charge is 0.295 e. The SMILES string of the molecule is CCn1ncnc1C1=CC(=O)CCCC1. The third kappa shape index (κ3) is 2.14. The molecule has 15 heavy (non-hydrogen) atoms. The van der Waals surface area contributed by atoms with Gasteiger partial charge in [-0.3, -0.25) is 4.79 Å². The van der Waals surface area contributed by atoms with E-state index in [1.54, 1.807) is 12.4 Å². The van der Waals surface area contributed by atoms with Crippen molar-refractivity contribution < 1.29 is 4.79 Å². The zero-order valence-electron chi connectivity index (χ0n) is 8.94. The fourth-order valence-electron chi connectivity index (χ4n) is 1.87. The van der Waals surface area contributed by atoms with Gasteiger partial charge in [-0.15, -0.1) is 0 Å². The van der Waals surface area contributed by atoms with Crippen LogP contribution in [-0.2, 0) is 11.3 Å². The maximum atomic E-state index is 11.5. The Hall–Kier alpha value is -1.45. The van der Waals surface area contributed by atoms with Gasteiger partial charge in [-0.05, 0) is 32.3 Å². The van der Waals surface area contributed by atoms with Crippen molar-refractivity contribution >= 4 is 11.4 Å². The van der Waals surface area contributed by atoms with Crippen molar-refractivity contribution in [1.82, 2.24) is 14.8 Å². The number of hydrogen-bond acceptors (Lipinski definition) is 3. The second kappa shape index (κ2) is 4.38. The van der Waals surface area contributed by atoms with Crippen molar-refractivity contribution in [3.05, 3.63) is 18.2 Å². The summed E-state index contributed by atoms with van der Waals surface area (Å²) in [4.78, 5) is 15.7. The average Bonchev–Trinajstić information content (AvgIpc) is 2.61. The third-order valence-corrected chi connectivity index (χ3v) is 2.66. The number of nitrogens with zero attached hydrogens (tertiary/aromatic N) is 3. The van der Waals surface area contributed by atoms with Crippen molar-refractivity contribution in [2.75, 3.05) is 0 Å². The van der Waals surface area contributed by atoms with Crippen LogP contribution in [0.2, 0.25) is 0 Å². The second-order valence-corrected chi connectivity index (χ2v) is 3.74. The smallest absolute Gasteiger partial charge is 0.156 e. The molecule has 1 heterocycles. The van der Waals surface area contributed by atoms with Gasteiger partial charge in [0.15, 0.2) is 11.6 Å². The van der Waals surface area contributed by atoms with Crippen LogP contribution in [0.25, 0.3) is 5.57 Å². The molecular weight excluding hydrogens is 190 g/mol. The molecule has 1 aliphatic carbocycles. The van der Waals surface area contributed by atoms with Gasteiger partial charge in [-0.1, -0.05) is 0 Å². The van der Waals surface area contributed by atoms with E-state index in [-0.39, 0.29) is 5.78 Å². The van der Waals surface area contributed by atoms with Gasteiger partial charge in [0.25, 0.3) is 0 Å². The van der Waals surface area contributed by atoms with E-state index in [9.17, 15) is 4.79 Å². The van der Waals surface area contributed by atoms with Gasteiger partial charge in [0.05, 0.1) is 0 Å². The molecule has 0 fully saturated rings. The van der Waals surface area contributed by atoms with E-state index in [1.807, 2.05) is 11.6 Å². The van der Waals surface area contributed by atoms with Gasteiger partial charge in [-0.2, -0.15) is 5.10 Å². The van der Waals surface area contributed by atoms with Crippen LogP contribution in [0.4, 0.5) is 0 Å². The molecule has 1 aromatic rings. The van der Waals surface area contributed by atoms with Gasteiger partial charge in [0.2, 0.25) is 0 Å². The zero-order chi connectivity index (χ0) is 10.7. The number of carbonyl (C=O) groups is 1. The number of allylic oxidation sites excluding steroid dienone is 2. The molecule has 0 saturated carbocycles. The predicted octanol–water partition coefficient (Wildman–Crippen LogP) is 1.82. The van der Waals surface area contributed by atoms with Crippen LogP contribution in [0.15, 0.2) is 12.4 Å². The molecule has 0 atom stereocenters. The van der Waals surface area contributed by atoms with Crippen molar-refractivity contribution in [3.8, 4) is 0 Å². The lowest BCUT2D eigenvalue weighted by atomic mass is 10.1. The minimum absolute atomic E-state index is 0.216. The zero-order valence-corrected chi connectivity index (χ0v) is 8.94. The van der Waals surface area contributed by atoms with Crippen molar-refractivity contribution in [2.45, 2.75) is 39.2 Å². The molecule has 4 nitrogen and oxygen atoms in total. The lowest BCUT2D eigenvalue weighted by Crippen LogP contribution is -2.03. The Balaban J connectivity index is 2.32. The van der Waals surface area contributed by atoms with Crippen molar-refractivity contribution in [3.63, 3.8) is 0 Å². The Morgan fingerprint density at radius 3 is 3.00 bits per heavy atom. The summed E-state index contributed by atoms with van der Waals surface area (Å²) in [7, 11) is 0. The summed E-state index contributed by atoms with van der Waals surface area (Å²) >= 11 is 0. The van der Waals surface area contributed by atoms with E-state index in [4.69, 9.17) is 0 Å². The number of ketones is 1. The minimum Gasteiger partial charge on any atom is -0.295 e. The fraction of sp³-hybridized carbons (Fsp3) is 0.545. The van der Waals surface area contributed by atoms with Gasteiger partial charge in [-0.25, -0.2) is 9.67 Å². The van der Waals surface area contributed by atoms with Crippen LogP contribution in [0.5, 0.6) is 0 Å². The number of hydrogen-bond donors (Lipinski definition) is 0. The molecule has 2 rings (SSSR count). The Bertz CT molecular complexity index is 392.